The second kappa shape index (κ2) is 7.54. The number of nitrogens with zero attached hydrogens (tertiary/aromatic N) is 4. The molecule has 2 aromatic rings. The SMILES string of the molecule is CCn1cc(N)c(C(=O)NCCCn2cccn2)n1.Cl. The standard InChI is InChI=1S/C12H18N6O.ClH/c1-2-17-9-10(13)11(16-17)12(19)14-5-3-7-18-8-4-6-15-18;/h4,6,8-9H,2-3,5,7,13H2,1H3,(H,14,19);1H. The first kappa shape index (κ1) is 16.0. The maximum Gasteiger partial charge on any atom is 0.273 e. The number of anilines is 1. The van der Waals surface area contributed by atoms with Crippen LogP contribution in [0.1, 0.15) is 23.8 Å². The fraction of sp³-hybridized carbons (Fsp3) is 0.417. The van der Waals surface area contributed by atoms with Crippen LogP contribution < -0.4 is 11.1 Å². The van der Waals surface area contributed by atoms with Crippen LogP contribution in [0.4, 0.5) is 5.69 Å². The summed E-state index contributed by atoms with van der Waals surface area (Å²) in [5, 5.41) is 11.0. The van der Waals surface area contributed by atoms with Crippen LogP contribution in [-0.4, -0.2) is 32.0 Å². The van der Waals surface area contributed by atoms with Gasteiger partial charge in [0.1, 0.15) is 0 Å². The van der Waals surface area contributed by atoms with Crippen LogP contribution in [-0.2, 0) is 13.1 Å². The van der Waals surface area contributed by atoms with Crippen LogP contribution in [0.25, 0.3) is 0 Å². The monoisotopic (exact) mass is 298 g/mol. The van der Waals surface area contributed by atoms with Gasteiger partial charge in [0.2, 0.25) is 0 Å². The first-order valence-corrected chi connectivity index (χ1v) is 6.29. The van der Waals surface area contributed by atoms with E-state index in [0.29, 0.717) is 24.5 Å². The molecule has 3 N–H and O–H groups in total. The number of aromatic nitrogens is 4. The third kappa shape index (κ3) is 3.99. The first-order chi connectivity index (χ1) is 9.20. The van der Waals surface area contributed by atoms with Gasteiger partial charge in [-0.25, -0.2) is 0 Å². The average Bonchev–Trinajstić information content (AvgIpc) is 3.03. The number of carbonyl (C=O) groups excluding carboxylic acids is 1. The predicted octanol–water partition coefficient (Wildman–Crippen LogP) is 0.924. The molecule has 2 rings (SSSR count). The molecule has 7 nitrogen and oxygen atoms in total. The van der Waals surface area contributed by atoms with Crippen molar-refractivity contribution >= 4 is 24.0 Å². The zero-order valence-electron chi connectivity index (χ0n) is 11.3. The quantitative estimate of drug-likeness (QED) is 0.776. The molecule has 0 aromatic carbocycles. The fourth-order valence-electron chi connectivity index (χ4n) is 1.73. The Bertz CT molecular complexity index is 536. The van der Waals surface area contributed by atoms with Crippen molar-refractivity contribution in [3.63, 3.8) is 0 Å². The van der Waals surface area contributed by atoms with Gasteiger partial charge in [-0.15, -0.1) is 12.4 Å². The maximum absolute atomic E-state index is 11.9. The molecular weight excluding hydrogens is 280 g/mol. The largest absolute Gasteiger partial charge is 0.396 e. The number of amides is 1. The predicted molar refractivity (Wildman–Crippen MR) is 78.7 cm³/mol. The summed E-state index contributed by atoms with van der Waals surface area (Å²) >= 11 is 0. The molecule has 0 atom stereocenters. The zero-order valence-corrected chi connectivity index (χ0v) is 12.1. The average molecular weight is 299 g/mol. The Labute approximate surface area is 123 Å². The van der Waals surface area contributed by atoms with E-state index in [1.54, 1.807) is 17.1 Å². The van der Waals surface area contributed by atoms with Crippen molar-refractivity contribution in [3.8, 4) is 0 Å². The highest BCUT2D eigenvalue weighted by molar-refractivity contribution is 5.96. The molecule has 0 bridgehead atoms. The van der Waals surface area contributed by atoms with Gasteiger partial charge in [0.15, 0.2) is 5.69 Å². The Morgan fingerprint density at radius 1 is 1.45 bits per heavy atom. The van der Waals surface area contributed by atoms with Crippen molar-refractivity contribution in [2.75, 3.05) is 12.3 Å². The van der Waals surface area contributed by atoms with Gasteiger partial charge in [-0.2, -0.15) is 10.2 Å². The Morgan fingerprint density at radius 2 is 2.25 bits per heavy atom. The molecule has 2 heterocycles. The summed E-state index contributed by atoms with van der Waals surface area (Å²) in [5.41, 5.74) is 6.44. The Hall–Kier alpha value is -2.02. The lowest BCUT2D eigenvalue weighted by Crippen LogP contribution is -2.26. The summed E-state index contributed by atoms with van der Waals surface area (Å²) < 4.78 is 3.47. The number of aryl methyl sites for hydroxylation is 2. The van der Waals surface area contributed by atoms with E-state index in [4.69, 9.17) is 5.73 Å². The van der Waals surface area contributed by atoms with E-state index in [9.17, 15) is 4.79 Å². The van der Waals surface area contributed by atoms with E-state index in [2.05, 4.69) is 15.5 Å². The minimum atomic E-state index is -0.231. The number of hydrogen-bond donors (Lipinski definition) is 2. The molecule has 0 fully saturated rings. The van der Waals surface area contributed by atoms with Crippen molar-refractivity contribution in [2.45, 2.75) is 26.4 Å². The second-order valence-electron chi connectivity index (χ2n) is 4.17. The van der Waals surface area contributed by atoms with Gasteiger partial charge in [0, 0.05) is 38.2 Å². The third-order valence-electron chi connectivity index (χ3n) is 2.74. The van der Waals surface area contributed by atoms with Crippen molar-refractivity contribution < 1.29 is 4.79 Å². The van der Waals surface area contributed by atoms with Gasteiger partial charge < -0.3 is 11.1 Å². The number of nitrogen functional groups attached to an aromatic ring is 1. The molecule has 0 aliphatic heterocycles. The summed E-state index contributed by atoms with van der Waals surface area (Å²) in [7, 11) is 0. The summed E-state index contributed by atoms with van der Waals surface area (Å²) in [4.78, 5) is 11.9. The zero-order chi connectivity index (χ0) is 13.7. The highest BCUT2D eigenvalue weighted by Gasteiger charge is 2.13. The summed E-state index contributed by atoms with van der Waals surface area (Å²) in [6.07, 6.45) is 6.10. The normalized spacial score (nSPS) is 10.1. The number of carbonyl (C=O) groups is 1. The lowest BCUT2D eigenvalue weighted by molar-refractivity contribution is 0.0947. The number of nitrogens with one attached hydrogen (secondary N) is 1. The number of nitrogens with two attached hydrogens (primary N) is 1. The van der Waals surface area contributed by atoms with Crippen molar-refractivity contribution in [1.29, 1.82) is 0 Å². The maximum atomic E-state index is 11.9. The molecule has 1 amide bonds. The molecular formula is C12H19ClN6O. The highest BCUT2D eigenvalue weighted by atomic mass is 35.5. The summed E-state index contributed by atoms with van der Waals surface area (Å²) in [6.45, 7) is 3.97. The van der Waals surface area contributed by atoms with E-state index in [0.717, 1.165) is 13.0 Å². The number of rotatable bonds is 6. The lowest BCUT2D eigenvalue weighted by atomic mass is 10.3. The van der Waals surface area contributed by atoms with Crippen LogP contribution in [0.15, 0.2) is 24.7 Å². The second-order valence-corrected chi connectivity index (χ2v) is 4.17. The van der Waals surface area contributed by atoms with Crippen molar-refractivity contribution in [2.24, 2.45) is 0 Å². The fourth-order valence-corrected chi connectivity index (χ4v) is 1.73. The number of hydrogen-bond acceptors (Lipinski definition) is 4. The Kier molecular flexibility index (Phi) is 6.05. The molecule has 0 spiro atoms. The molecule has 0 aliphatic rings. The van der Waals surface area contributed by atoms with E-state index in [1.807, 2.05) is 23.9 Å². The molecule has 0 radical (unpaired) electrons. The van der Waals surface area contributed by atoms with Crippen molar-refractivity contribution in [3.05, 3.63) is 30.4 Å². The van der Waals surface area contributed by atoms with Gasteiger partial charge in [-0.3, -0.25) is 14.2 Å². The molecule has 20 heavy (non-hydrogen) atoms. The summed E-state index contributed by atoms with van der Waals surface area (Å²) in [6, 6.07) is 1.87. The molecule has 0 saturated carbocycles. The minimum Gasteiger partial charge on any atom is -0.396 e. The van der Waals surface area contributed by atoms with Crippen LogP contribution in [0.3, 0.4) is 0 Å². The van der Waals surface area contributed by atoms with Gasteiger partial charge >= 0.3 is 0 Å². The van der Waals surface area contributed by atoms with Crippen LogP contribution in [0.5, 0.6) is 0 Å². The van der Waals surface area contributed by atoms with E-state index >= 15 is 0 Å². The van der Waals surface area contributed by atoms with Gasteiger partial charge in [-0.05, 0) is 19.4 Å². The first-order valence-electron chi connectivity index (χ1n) is 6.29. The Balaban J connectivity index is 0.00000200. The van der Waals surface area contributed by atoms with Crippen LogP contribution in [0.2, 0.25) is 0 Å². The van der Waals surface area contributed by atoms with E-state index in [1.165, 1.54) is 0 Å². The van der Waals surface area contributed by atoms with Gasteiger partial charge in [-0.1, -0.05) is 0 Å². The molecule has 0 aliphatic carbocycles. The third-order valence-corrected chi connectivity index (χ3v) is 2.74. The smallest absolute Gasteiger partial charge is 0.273 e. The molecule has 110 valence electrons. The van der Waals surface area contributed by atoms with Gasteiger partial charge in [0.05, 0.1) is 5.69 Å². The van der Waals surface area contributed by atoms with E-state index < -0.39 is 0 Å². The molecule has 0 saturated heterocycles. The summed E-state index contributed by atoms with van der Waals surface area (Å²) in [5.74, 6) is -0.231. The van der Waals surface area contributed by atoms with Crippen LogP contribution >= 0.6 is 12.4 Å². The molecule has 2 aromatic heterocycles. The topological polar surface area (TPSA) is 90.8 Å². The van der Waals surface area contributed by atoms with Crippen molar-refractivity contribution in [1.82, 2.24) is 24.9 Å². The van der Waals surface area contributed by atoms with Crippen LogP contribution in [0, 0.1) is 0 Å². The Morgan fingerprint density at radius 3 is 2.85 bits per heavy atom. The molecule has 0 unspecified atom stereocenters. The van der Waals surface area contributed by atoms with E-state index in [-0.39, 0.29) is 18.3 Å². The highest BCUT2D eigenvalue weighted by Crippen LogP contribution is 2.08. The van der Waals surface area contributed by atoms with Gasteiger partial charge in [0.25, 0.3) is 5.91 Å². The minimum absolute atomic E-state index is 0. The lowest BCUT2D eigenvalue weighted by Gasteiger charge is -2.04. The molecule has 8 heteroatoms. The number of halogens is 1.